The number of benzene rings is 1. The lowest BCUT2D eigenvalue weighted by Crippen LogP contribution is -2.56. The molecule has 2 aliphatic heterocycles. The van der Waals surface area contributed by atoms with E-state index in [2.05, 4.69) is 26.8 Å². The van der Waals surface area contributed by atoms with Crippen molar-refractivity contribution in [2.24, 2.45) is 33.9 Å². The minimum absolute atomic E-state index is 0.0945. The molecule has 176 valence electrons. The summed E-state index contributed by atoms with van der Waals surface area (Å²) in [6.45, 7) is 7.36. The number of nitrogens with zero attached hydrogens (tertiary/aromatic N) is 3. The number of alkyl halides is 1. The number of aliphatic imine (C=N–C) groups is 1. The molecular weight excluding hydrogens is 419 g/mol. The topological polar surface area (TPSA) is 91.7 Å². The molecule has 0 radical (unpaired) electrons. The molecule has 33 heavy (non-hydrogen) atoms. The normalized spacial score (nSPS) is 37.3. The highest BCUT2D eigenvalue weighted by Gasteiger charge is 2.68. The molecule has 1 aromatic rings. The summed E-state index contributed by atoms with van der Waals surface area (Å²) in [6, 6.07) is 7.80. The number of nitrogens with two attached hydrogens (primary N) is 1. The van der Waals surface area contributed by atoms with E-state index in [1.54, 1.807) is 0 Å². The number of nitriles is 1. The largest absolute Gasteiger partial charge is 0.381 e. The van der Waals surface area contributed by atoms with Crippen molar-refractivity contribution in [2.75, 3.05) is 19.8 Å². The second kappa shape index (κ2) is 7.53. The Morgan fingerprint density at radius 2 is 1.91 bits per heavy atom. The first-order valence-electron chi connectivity index (χ1n) is 12.1. The molecule has 2 aliphatic carbocycles. The number of hydrogen-bond donors (Lipinski definition) is 1. The lowest BCUT2D eigenvalue weighted by Gasteiger charge is -2.50. The van der Waals surface area contributed by atoms with Crippen LogP contribution < -0.4 is 5.73 Å². The van der Waals surface area contributed by atoms with Crippen molar-refractivity contribution < 1.29 is 13.9 Å². The van der Waals surface area contributed by atoms with Crippen LogP contribution in [0, 0.1) is 34.5 Å². The molecule has 6 nitrogen and oxygen atoms in total. The maximum atomic E-state index is 15.6. The Bertz CT molecular complexity index is 1040. The third-order valence-electron chi connectivity index (χ3n) is 9.09. The van der Waals surface area contributed by atoms with Crippen molar-refractivity contribution in [3.63, 3.8) is 0 Å². The number of guanidine groups is 1. The van der Waals surface area contributed by atoms with Gasteiger partial charge in [-0.05, 0) is 60.3 Å². The summed E-state index contributed by atoms with van der Waals surface area (Å²) in [6.07, 6.45) is 2.90. The summed E-state index contributed by atoms with van der Waals surface area (Å²) >= 11 is 0. The number of amides is 1. The van der Waals surface area contributed by atoms with E-state index in [0.717, 1.165) is 30.4 Å². The Labute approximate surface area is 195 Å². The predicted molar refractivity (Wildman–Crippen MR) is 123 cm³/mol. The number of carbonyl (C=O) groups excluding carboxylic acids is 1. The average molecular weight is 453 g/mol. The highest BCUT2D eigenvalue weighted by Crippen LogP contribution is 2.64. The Morgan fingerprint density at radius 1 is 1.24 bits per heavy atom. The van der Waals surface area contributed by atoms with Crippen molar-refractivity contribution in [1.29, 1.82) is 5.26 Å². The molecule has 2 spiro atoms. The quantitative estimate of drug-likeness (QED) is 0.741. The Hall–Kier alpha value is -2.46. The molecule has 0 aromatic heterocycles. The highest BCUT2D eigenvalue weighted by atomic mass is 19.1. The number of rotatable bonds is 2. The predicted octanol–water partition coefficient (Wildman–Crippen LogP) is 3.67. The van der Waals surface area contributed by atoms with E-state index in [1.807, 2.05) is 18.2 Å². The zero-order valence-corrected chi connectivity index (χ0v) is 19.7. The van der Waals surface area contributed by atoms with Crippen molar-refractivity contribution in [3.8, 4) is 6.07 Å². The minimum Gasteiger partial charge on any atom is -0.381 e. The zero-order chi connectivity index (χ0) is 23.6. The van der Waals surface area contributed by atoms with Gasteiger partial charge < -0.3 is 10.5 Å². The molecule has 2 heterocycles. The first-order chi connectivity index (χ1) is 15.6. The number of halogens is 1. The summed E-state index contributed by atoms with van der Waals surface area (Å²) in [4.78, 5) is 20.7. The molecule has 7 heteroatoms. The molecule has 2 fully saturated rings. The summed E-state index contributed by atoms with van der Waals surface area (Å²) in [5.41, 5.74) is 5.59. The van der Waals surface area contributed by atoms with Gasteiger partial charge in [0.25, 0.3) is 5.91 Å². The Kier molecular flexibility index (Phi) is 5.09. The van der Waals surface area contributed by atoms with Crippen LogP contribution in [0.1, 0.15) is 63.1 Å². The van der Waals surface area contributed by atoms with Crippen molar-refractivity contribution in [2.45, 2.75) is 64.1 Å². The molecule has 1 aromatic carbocycles. The van der Waals surface area contributed by atoms with Crippen LogP contribution in [0.2, 0.25) is 0 Å². The van der Waals surface area contributed by atoms with Crippen molar-refractivity contribution >= 4 is 11.9 Å². The van der Waals surface area contributed by atoms with Gasteiger partial charge >= 0.3 is 0 Å². The molecule has 2 unspecified atom stereocenters. The fourth-order valence-corrected chi connectivity index (χ4v) is 7.04. The summed E-state index contributed by atoms with van der Waals surface area (Å²) in [5.74, 6) is 1.23. The van der Waals surface area contributed by atoms with Crippen LogP contribution in [0.4, 0.5) is 4.39 Å². The smallest absolute Gasteiger partial charge is 0.262 e. The van der Waals surface area contributed by atoms with Crippen LogP contribution in [0.25, 0.3) is 0 Å². The minimum atomic E-state index is -1.54. The fourth-order valence-electron chi connectivity index (χ4n) is 7.04. The molecule has 1 saturated heterocycles. The highest BCUT2D eigenvalue weighted by molar-refractivity contribution is 6.08. The van der Waals surface area contributed by atoms with E-state index >= 15 is 4.39 Å². The standard InChI is InChI=1S/C26H33FN4O2/c1-16-11-24(12-17(2)18(16)3)13-20-5-4-19(14-28)10-21(20)26(24)22(32)31(23(29)30-26)15-25(27)6-8-33-9-7-25/h4-5,10,16-18H,6-9,11-13,15H2,1-3H3,(H2,29,30)/t16-,17+,18?,24?,26-/m1/s1. The molecule has 5 atom stereocenters. The monoisotopic (exact) mass is 452 g/mol. The van der Waals surface area contributed by atoms with Gasteiger partial charge in [0.05, 0.1) is 18.2 Å². The van der Waals surface area contributed by atoms with Gasteiger partial charge in [-0.25, -0.2) is 9.38 Å². The number of carbonyl (C=O) groups is 1. The summed E-state index contributed by atoms with van der Waals surface area (Å²) in [7, 11) is 0. The maximum absolute atomic E-state index is 15.6. The Morgan fingerprint density at radius 3 is 2.55 bits per heavy atom. The summed E-state index contributed by atoms with van der Waals surface area (Å²) in [5, 5.41) is 9.57. The zero-order valence-electron chi connectivity index (χ0n) is 19.7. The van der Waals surface area contributed by atoms with Gasteiger partial charge in [0, 0.05) is 31.5 Å². The van der Waals surface area contributed by atoms with E-state index in [1.165, 1.54) is 4.90 Å². The molecule has 2 N–H and O–H groups in total. The third-order valence-corrected chi connectivity index (χ3v) is 9.09. The number of ether oxygens (including phenoxy) is 1. The van der Waals surface area contributed by atoms with Gasteiger partial charge in [0.15, 0.2) is 11.5 Å². The van der Waals surface area contributed by atoms with Crippen molar-refractivity contribution in [1.82, 2.24) is 4.90 Å². The first-order valence-corrected chi connectivity index (χ1v) is 12.1. The van der Waals surface area contributed by atoms with E-state index in [-0.39, 0.29) is 31.3 Å². The molecular formula is C26H33FN4O2. The lowest BCUT2D eigenvalue weighted by atomic mass is 9.55. The molecule has 1 saturated carbocycles. The number of fused-ring (bicyclic) bond motifs is 3. The SMILES string of the molecule is CC1[C@H](C)CC2(Cc3ccc(C#N)cc3[C@]23N=C(N)N(CC2(F)CCOCC2)C3=O)C[C@@H]1C. The van der Waals surface area contributed by atoms with Crippen LogP contribution >= 0.6 is 0 Å². The first kappa shape index (κ1) is 22.3. The van der Waals surface area contributed by atoms with Crippen molar-refractivity contribution in [3.05, 3.63) is 34.9 Å². The van der Waals surface area contributed by atoms with Crippen LogP contribution in [-0.2, 0) is 21.5 Å². The van der Waals surface area contributed by atoms with Crippen LogP contribution in [0.5, 0.6) is 0 Å². The second-order valence-electron chi connectivity index (χ2n) is 11.0. The molecule has 4 aliphatic rings. The Balaban J connectivity index is 1.63. The van der Waals surface area contributed by atoms with Gasteiger partial charge in [-0.3, -0.25) is 9.69 Å². The van der Waals surface area contributed by atoms with E-state index in [4.69, 9.17) is 15.5 Å². The van der Waals surface area contributed by atoms with E-state index in [9.17, 15) is 10.1 Å². The van der Waals surface area contributed by atoms with Gasteiger partial charge in [-0.1, -0.05) is 26.8 Å². The molecule has 5 rings (SSSR count). The van der Waals surface area contributed by atoms with Gasteiger partial charge in [-0.2, -0.15) is 5.26 Å². The summed E-state index contributed by atoms with van der Waals surface area (Å²) < 4.78 is 21.0. The van der Waals surface area contributed by atoms with E-state index < -0.39 is 16.6 Å². The van der Waals surface area contributed by atoms with Crippen LogP contribution in [-0.4, -0.2) is 42.2 Å². The number of hydrogen-bond acceptors (Lipinski definition) is 5. The molecule has 0 bridgehead atoms. The lowest BCUT2D eigenvalue weighted by molar-refractivity contribution is -0.141. The maximum Gasteiger partial charge on any atom is 0.262 e. The van der Waals surface area contributed by atoms with Gasteiger partial charge in [0.2, 0.25) is 0 Å². The third kappa shape index (κ3) is 3.13. The average Bonchev–Trinajstić information content (AvgIpc) is 3.18. The second-order valence-corrected chi connectivity index (χ2v) is 11.0. The molecule has 1 amide bonds. The van der Waals surface area contributed by atoms with Crippen LogP contribution in [0.3, 0.4) is 0 Å². The fraction of sp³-hybridized carbons (Fsp3) is 0.654. The van der Waals surface area contributed by atoms with Crippen LogP contribution in [0.15, 0.2) is 23.2 Å². The van der Waals surface area contributed by atoms with Gasteiger partial charge in [-0.15, -0.1) is 0 Å². The van der Waals surface area contributed by atoms with E-state index in [0.29, 0.717) is 36.5 Å². The van der Waals surface area contributed by atoms with Gasteiger partial charge in [0.1, 0.15) is 5.67 Å².